The molecule has 0 aliphatic rings. The van der Waals surface area contributed by atoms with Crippen molar-refractivity contribution >= 4 is 11.8 Å². The Balaban J connectivity index is 2.87. The van der Waals surface area contributed by atoms with Crippen LogP contribution in [0.1, 0.15) is 26.3 Å². The Morgan fingerprint density at radius 1 is 1.28 bits per heavy atom. The predicted octanol–water partition coefficient (Wildman–Crippen LogP) is 2.94. The van der Waals surface area contributed by atoms with Crippen LogP contribution in [0.25, 0.3) is 0 Å². The summed E-state index contributed by atoms with van der Waals surface area (Å²) in [5.74, 6) is -1.14. The lowest BCUT2D eigenvalue weighted by Crippen LogP contribution is -2.16. The number of benzene rings is 1. The van der Waals surface area contributed by atoms with Gasteiger partial charge in [-0.05, 0) is 31.2 Å². The van der Waals surface area contributed by atoms with Crippen LogP contribution in [-0.4, -0.2) is 23.0 Å². The molecule has 0 amide bonds. The van der Waals surface area contributed by atoms with Gasteiger partial charge in [0.2, 0.25) is 0 Å². The van der Waals surface area contributed by atoms with Crippen molar-refractivity contribution in [3.8, 4) is 0 Å². The summed E-state index contributed by atoms with van der Waals surface area (Å²) in [6.45, 7) is 6.47. The Bertz CT molecular complexity index is 376. The summed E-state index contributed by atoms with van der Waals surface area (Å²) in [6, 6.07) is 2.67. The second kappa shape index (κ2) is 7.07. The third-order valence-corrected chi connectivity index (χ3v) is 4.01. The van der Waals surface area contributed by atoms with Crippen LogP contribution in [0.3, 0.4) is 0 Å². The van der Waals surface area contributed by atoms with Gasteiger partial charge in [0, 0.05) is 11.8 Å². The molecule has 0 saturated heterocycles. The molecule has 1 rings (SSSR count). The molecule has 0 fully saturated rings. The third-order valence-electron chi connectivity index (χ3n) is 2.62. The Kier molecular flexibility index (Phi) is 6.05. The van der Waals surface area contributed by atoms with Gasteiger partial charge in [-0.25, -0.2) is 8.78 Å². The van der Waals surface area contributed by atoms with Crippen LogP contribution < -0.4 is 5.32 Å². The summed E-state index contributed by atoms with van der Waals surface area (Å²) < 4.78 is 27.6. The second-order valence-electron chi connectivity index (χ2n) is 4.23. The molecule has 102 valence electrons. The maximum Gasteiger partial charge on any atom is 0.140 e. The van der Waals surface area contributed by atoms with Crippen LogP contribution in [-0.2, 0) is 6.54 Å². The molecule has 0 radical (unpaired) electrons. The summed E-state index contributed by atoms with van der Waals surface area (Å²) in [5.41, 5.74) is 0.584. The molecule has 1 aromatic carbocycles. The Hall–Kier alpha value is -0.650. The van der Waals surface area contributed by atoms with Crippen molar-refractivity contribution in [3.05, 3.63) is 29.3 Å². The van der Waals surface area contributed by atoms with Crippen LogP contribution in [0.15, 0.2) is 17.0 Å². The van der Waals surface area contributed by atoms with E-state index in [1.165, 1.54) is 12.1 Å². The first-order valence-corrected chi connectivity index (χ1v) is 6.87. The van der Waals surface area contributed by atoms with Gasteiger partial charge in [-0.2, -0.15) is 0 Å². The molecule has 2 nitrogen and oxygen atoms in total. The molecule has 2 N–H and O–H groups in total. The van der Waals surface area contributed by atoms with Crippen LogP contribution >= 0.6 is 11.8 Å². The minimum absolute atomic E-state index is 0.0244. The Morgan fingerprint density at radius 2 is 1.83 bits per heavy atom. The molecular weight excluding hydrogens is 256 g/mol. The van der Waals surface area contributed by atoms with Gasteiger partial charge in [-0.3, -0.25) is 0 Å². The monoisotopic (exact) mass is 275 g/mol. The molecule has 5 heteroatoms. The number of aliphatic hydroxyl groups is 1. The van der Waals surface area contributed by atoms with E-state index < -0.39 is 17.7 Å². The van der Waals surface area contributed by atoms with E-state index in [2.05, 4.69) is 5.32 Å². The zero-order valence-corrected chi connectivity index (χ0v) is 11.7. The summed E-state index contributed by atoms with van der Waals surface area (Å²) in [5, 5.41) is 12.1. The average molecular weight is 275 g/mol. The quantitative estimate of drug-likeness (QED) is 0.783. The summed E-state index contributed by atoms with van der Waals surface area (Å²) in [7, 11) is 0. The topological polar surface area (TPSA) is 32.3 Å². The summed E-state index contributed by atoms with van der Waals surface area (Å²) in [4.78, 5) is -0.0244. The predicted molar refractivity (Wildman–Crippen MR) is 70.7 cm³/mol. The molecule has 0 saturated carbocycles. The van der Waals surface area contributed by atoms with Crippen LogP contribution in [0.4, 0.5) is 8.78 Å². The molecule has 2 unspecified atom stereocenters. The maximum atomic E-state index is 13.8. The van der Waals surface area contributed by atoms with Gasteiger partial charge in [-0.1, -0.05) is 13.8 Å². The molecular formula is C13H19F2NOS. The van der Waals surface area contributed by atoms with Crippen LogP contribution in [0.5, 0.6) is 0 Å². The summed E-state index contributed by atoms with van der Waals surface area (Å²) in [6.07, 6.45) is -0.616. The first kappa shape index (κ1) is 15.4. The summed E-state index contributed by atoms with van der Waals surface area (Å²) >= 11 is 1.02. The van der Waals surface area contributed by atoms with E-state index in [9.17, 15) is 13.9 Å². The van der Waals surface area contributed by atoms with Crippen LogP contribution in [0, 0.1) is 11.6 Å². The number of halogens is 2. The van der Waals surface area contributed by atoms with Crippen molar-refractivity contribution < 1.29 is 13.9 Å². The van der Waals surface area contributed by atoms with E-state index in [-0.39, 0.29) is 10.1 Å². The highest BCUT2D eigenvalue weighted by Crippen LogP contribution is 2.31. The highest BCUT2D eigenvalue weighted by atomic mass is 32.2. The number of hydrogen-bond donors (Lipinski definition) is 2. The van der Waals surface area contributed by atoms with Gasteiger partial charge < -0.3 is 10.4 Å². The van der Waals surface area contributed by atoms with Crippen molar-refractivity contribution in [2.45, 2.75) is 43.6 Å². The van der Waals surface area contributed by atoms with Crippen molar-refractivity contribution in [1.82, 2.24) is 5.32 Å². The van der Waals surface area contributed by atoms with E-state index in [1.54, 1.807) is 13.8 Å². The van der Waals surface area contributed by atoms with Crippen molar-refractivity contribution in [1.29, 1.82) is 0 Å². The van der Waals surface area contributed by atoms with Crippen molar-refractivity contribution in [2.24, 2.45) is 0 Å². The highest BCUT2D eigenvalue weighted by Gasteiger charge is 2.17. The first-order chi connectivity index (χ1) is 8.45. The molecule has 0 spiro atoms. The van der Waals surface area contributed by atoms with Crippen molar-refractivity contribution in [3.63, 3.8) is 0 Å². The van der Waals surface area contributed by atoms with E-state index >= 15 is 0 Å². The number of nitrogens with one attached hydrogen (secondary N) is 1. The minimum Gasteiger partial charge on any atom is -0.392 e. The zero-order valence-electron chi connectivity index (χ0n) is 10.8. The first-order valence-electron chi connectivity index (χ1n) is 5.99. The van der Waals surface area contributed by atoms with Gasteiger partial charge in [0.15, 0.2) is 0 Å². The number of rotatable bonds is 6. The normalized spacial score (nSPS) is 14.6. The van der Waals surface area contributed by atoms with E-state index in [0.29, 0.717) is 12.1 Å². The van der Waals surface area contributed by atoms with E-state index in [1.807, 2.05) is 6.92 Å². The SMILES string of the molecule is CCNCc1cc(F)c(SC(C)C(C)O)c(F)c1. The highest BCUT2D eigenvalue weighted by molar-refractivity contribution is 8.00. The minimum atomic E-state index is -0.616. The average Bonchev–Trinajstić information content (AvgIpc) is 2.30. The fraction of sp³-hybridized carbons (Fsp3) is 0.538. The Morgan fingerprint density at radius 3 is 2.28 bits per heavy atom. The number of hydrogen-bond acceptors (Lipinski definition) is 3. The molecule has 0 aromatic heterocycles. The van der Waals surface area contributed by atoms with Crippen molar-refractivity contribution in [2.75, 3.05) is 6.54 Å². The fourth-order valence-corrected chi connectivity index (χ4v) is 2.29. The van der Waals surface area contributed by atoms with Gasteiger partial charge >= 0.3 is 0 Å². The lowest BCUT2D eigenvalue weighted by Gasteiger charge is -2.15. The lowest BCUT2D eigenvalue weighted by molar-refractivity contribution is 0.196. The number of aliphatic hydroxyl groups excluding tert-OH is 1. The van der Waals surface area contributed by atoms with Gasteiger partial charge in [0.25, 0.3) is 0 Å². The van der Waals surface area contributed by atoms with E-state index in [4.69, 9.17) is 0 Å². The molecule has 1 aromatic rings. The maximum absolute atomic E-state index is 13.8. The lowest BCUT2D eigenvalue weighted by atomic mass is 10.2. The van der Waals surface area contributed by atoms with Gasteiger partial charge in [0.05, 0.1) is 11.0 Å². The van der Waals surface area contributed by atoms with Gasteiger partial charge in [-0.15, -0.1) is 11.8 Å². The fourth-order valence-electron chi connectivity index (χ4n) is 1.38. The zero-order chi connectivity index (χ0) is 13.7. The Labute approximate surface area is 111 Å². The molecule has 2 atom stereocenters. The molecule has 18 heavy (non-hydrogen) atoms. The van der Waals surface area contributed by atoms with Gasteiger partial charge in [0.1, 0.15) is 11.6 Å². The van der Waals surface area contributed by atoms with Crippen LogP contribution in [0.2, 0.25) is 0 Å². The molecule has 0 aliphatic heterocycles. The van der Waals surface area contributed by atoms with E-state index in [0.717, 1.165) is 18.3 Å². The largest absolute Gasteiger partial charge is 0.392 e. The second-order valence-corrected chi connectivity index (χ2v) is 5.62. The number of thioether (sulfide) groups is 1. The molecule has 0 bridgehead atoms. The third kappa shape index (κ3) is 4.23. The smallest absolute Gasteiger partial charge is 0.140 e. The molecule has 0 aliphatic carbocycles. The standard InChI is InChI=1S/C13H19F2NOS/c1-4-16-7-10-5-11(14)13(12(15)6-10)18-9(3)8(2)17/h5-6,8-9,16-17H,4,7H2,1-3H3. The molecule has 0 heterocycles.